The second-order valence-electron chi connectivity index (χ2n) is 9.87. The van der Waals surface area contributed by atoms with Gasteiger partial charge < -0.3 is 14.2 Å². The summed E-state index contributed by atoms with van der Waals surface area (Å²) in [6.45, 7) is 10.1. The van der Waals surface area contributed by atoms with Crippen LogP contribution in [0.25, 0.3) is 0 Å². The van der Waals surface area contributed by atoms with Gasteiger partial charge in [0.25, 0.3) is 0 Å². The van der Waals surface area contributed by atoms with Crippen LogP contribution in [0.4, 0.5) is 0 Å². The van der Waals surface area contributed by atoms with Crippen LogP contribution in [0.1, 0.15) is 83.4 Å². The minimum absolute atomic E-state index is 0.347. The molecule has 1 aromatic rings. The second-order valence-corrected chi connectivity index (χ2v) is 10.9. The third-order valence-electron chi connectivity index (χ3n) is 6.90. The molecular weight excluding hydrogens is 380 g/mol. The van der Waals surface area contributed by atoms with Gasteiger partial charge in [0.15, 0.2) is 5.16 Å². The zero-order chi connectivity index (χ0) is 20.1. The molecule has 2 saturated heterocycles. The van der Waals surface area contributed by atoms with E-state index >= 15 is 0 Å². The fourth-order valence-corrected chi connectivity index (χ4v) is 6.45. The minimum Gasteiger partial charge on any atom is -0.376 e. The van der Waals surface area contributed by atoms with Crippen molar-refractivity contribution in [1.82, 2.24) is 19.7 Å². The third kappa shape index (κ3) is 5.98. The molecule has 0 N–H and O–H groups in total. The van der Waals surface area contributed by atoms with Crippen molar-refractivity contribution >= 4 is 11.8 Å². The van der Waals surface area contributed by atoms with Crippen LogP contribution in [0, 0.1) is 11.8 Å². The highest BCUT2D eigenvalue weighted by atomic mass is 32.2. The fraction of sp³-hybridized carbons (Fsp3) is 0.913. The predicted octanol–water partition coefficient (Wildman–Crippen LogP) is 4.96. The van der Waals surface area contributed by atoms with Crippen LogP contribution in [0.15, 0.2) is 5.16 Å². The lowest BCUT2D eigenvalue weighted by molar-refractivity contribution is 0.0931. The summed E-state index contributed by atoms with van der Waals surface area (Å²) >= 11 is 1.95. The Morgan fingerprint density at radius 2 is 1.79 bits per heavy atom. The molecule has 0 amide bonds. The number of aromatic nitrogens is 3. The lowest BCUT2D eigenvalue weighted by atomic mass is 9.91. The van der Waals surface area contributed by atoms with Gasteiger partial charge in [0.05, 0.1) is 12.6 Å². The standard InChI is InChI=1S/C23H40N4OS/c1-18(2)15-26-12-10-20(11-13-26)22-24-25-23(27(22)16-21-9-6-14-28-21)29-17-19-7-4-3-5-8-19/h18-21H,3-17H2,1-2H3/t21-/m1/s1. The Hall–Kier alpha value is -0.590. The Morgan fingerprint density at radius 1 is 1.00 bits per heavy atom. The highest BCUT2D eigenvalue weighted by Gasteiger charge is 2.29. The summed E-state index contributed by atoms with van der Waals surface area (Å²) < 4.78 is 8.44. The molecule has 4 rings (SSSR count). The zero-order valence-electron chi connectivity index (χ0n) is 18.5. The molecule has 1 aliphatic carbocycles. The smallest absolute Gasteiger partial charge is 0.191 e. The number of piperidine rings is 1. The van der Waals surface area contributed by atoms with Crippen molar-refractivity contribution in [2.75, 3.05) is 32.0 Å². The molecule has 3 fully saturated rings. The van der Waals surface area contributed by atoms with Gasteiger partial charge in [-0.1, -0.05) is 44.9 Å². The van der Waals surface area contributed by atoms with E-state index in [0.29, 0.717) is 12.0 Å². The van der Waals surface area contributed by atoms with E-state index in [1.54, 1.807) is 0 Å². The van der Waals surface area contributed by atoms with E-state index in [-0.39, 0.29) is 0 Å². The molecule has 2 aliphatic heterocycles. The van der Waals surface area contributed by atoms with E-state index in [9.17, 15) is 0 Å². The van der Waals surface area contributed by atoms with Gasteiger partial charge in [0.2, 0.25) is 0 Å². The molecule has 0 aromatic carbocycles. The largest absolute Gasteiger partial charge is 0.376 e. The third-order valence-corrected chi connectivity index (χ3v) is 8.10. The maximum atomic E-state index is 5.98. The Bertz CT molecular complexity index is 614. The Balaban J connectivity index is 1.42. The maximum Gasteiger partial charge on any atom is 0.191 e. The topological polar surface area (TPSA) is 43.2 Å². The lowest BCUT2D eigenvalue weighted by Crippen LogP contribution is -2.36. The first-order valence-corrected chi connectivity index (χ1v) is 13.1. The van der Waals surface area contributed by atoms with Crippen LogP contribution < -0.4 is 0 Å². The van der Waals surface area contributed by atoms with E-state index in [1.807, 2.05) is 11.8 Å². The molecular formula is C23H40N4OS. The SMILES string of the molecule is CC(C)CN1CCC(c2nnc(SCC3CCCCC3)n2C[C@H]2CCCO2)CC1. The summed E-state index contributed by atoms with van der Waals surface area (Å²) in [7, 11) is 0. The first-order chi connectivity index (χ1) is 14.2. The van der Waals surface area contributed by atoms with Crippen molar-refractivity contribution < 1.29 is 4.74 Å². The first-order valence-electron chi connectivity index (χ1n) is 12.1. The van der Waals surface area contributed by atoms with Crippen LogP contribution in [0.3, 0.4) is 0 Å². The number of hydrogen-bond donors (Lipinski definition) is 0. The van der Waals surface area contributed by atoms with Crippen molar-refractivity contribution in [3.8, 4) is 0 Å². The predicted molar refractivity (Wildman–Crippen MR) is 120 cm³/mol. The Kier molecular flexibility index (Phi) is 7.93. The summed E-state index contributed by atoms with van der Waals surface area (Å²) in [6, 6.07) is 0. The van der Waals surface area contributed by atoms with Crippen LogP contribution in [-0.4, -0.2) is 57.8 Å². The fourth-order valence-electron chi connectivity index (χ4n) is 5.31. The summed E-state index contributed by atoms with van der Waals surface area (Å²) in [5, 5.41) is 10.6. The Labute approximate surface area is 181 Å². The lowest BCUT2D eigenvalue weighted by Gasteiger charge is -2.32. The number of thioether (sulfide) groups is 1. The summed E-state index contributed by atoms with van der Waals surface area (Å²) in [5.41, 5.74) is 0. The monoisotopic (exact) mass is 420 g/mol. The van der Waals surface area contributed by atoms with Crippen LogP contribution >= 0.6 is 11.8 Å². The molecule has 6 heteroatoms. The molecule has 0 radical (unpaired) electrons. The molecule has 164 valence electrons. The van der Waals surface area contributed by atoms with Gasteiger partial charge in [-0.2, -0.15) is 0 Å². The molecule has 0 unspecified atom stereocenters. The number of nitrogens with zero attached hydrogens (tertiary/aromatic N) is 4. The average molecular weight is 421 g/mol. The van der Waals surface area contributed by atoms with Crippen molar-refractivity contribution in [2.45, 2.75) is 95.4 Å². The van der Waals surface area contributed by atoms with E-state index in [1.165, 1.54) is 89.0 Å². The van der Waals surface area contributed by atoms with E-state index in [2.05, 4.69) is 23.3 Å². The van der Waals surface area contributed by atoms with Gasteiger partial charge in [0.1, 0.15) is 5.82 Å². The van der Waals surface area contributed by atoms with Gasteiger partial charge in [-0.05, 0) is 63.5 Å². The zero-order valence-corrected chi connectivity index (χ0v) is 19.3. The van der Waals surface area contributed by atoms with Gasteiger partial charge in [-0.15, -0.1) is 10.2 Å². The first kappa shape index (κ1) is 21.6. The molecule has 1 saturated carbocycles. The molecule has 5 nitrogen and oxygen atoms in total. The number of likely N-dealkylation sites (tertiary alicyclic amines) is 1. The highest BCUT2D eigenvalue weighted by Crippen LogP contribution is 2.33. The second kappa shape index (κ2) is 10.6. The number of ether oxygens (including phenoxy) is 1. The summed E-state index contributed by atoms with van der Waals surface area (Å²) in [4.78, 5) is 2.63. The van der Waals surface area contributed by atoms with Gasteiger partial charge in [-0.25, -0.2) is 0 Å². The quantitative estimate of drug-likeness (QED) is 0.556. The van der Waals surface area contributed by atoms with Gasteiger partial charge in [-0.3, -0.25) is 0 Å². The number of rotatable bonds is 8. The van der Waals surface area contributed by atoms with E-state index in [4.69, 9.17) is 14.9 Å². The average Bonchev–Trinajstić information content (AvgIpc) is 3.38. The molecule has 3 aliphatic rings. The summed E-state index contributed by atoms with van der Waals surface area (Å²) in [6.07, 6.45) is 12.2. The van der Waals surface area contributed by atoms with Crippen LogP contribution in [0.2, 0.25) is 0 Å². The van der Waals surface area contributed by atoms with Crippen molar-refractivity contribution in [3.63, 3.8) is 0 Å². The highest BCUT2D eigenvalue weighted by molar-refractivity contribution is 7.99. The number of hydrogen-bond acceptors (Lipinski definition) is 5. The molecule has 0 spiro atoms. The maximum absolute atomic E-state index is 5.98. The van der Waals surface area contributed by atoms with E-state index < -0.39 is 0 Å². The summed E-state index contributed by atoms with van der Waals surface area (Å²) in [5.74, 6) is 4.60. The minimum atomic E-state index is 0.347. The van der Waals surface area contributed by atoms with Gasteiger partial charge in [0, 0.05) is 24.8 Å². The molecule has 3 heterocycles. The van der Waals surface area contributed by atoms with E-state index in [0.717, 1.165) is 30.1 Å². The molecule has 1 aromatic heterocycles. The van der Waals surface area contributed by atoms with Crippen LogP contribution in [-0.2, 0) is 11.3 Å². The molecule has 29 heavy (non-hydrogen) atoms. The molecule has 0 bridgehead atoms. The van der Waals surface area contributed by atoms with Crippen LogP contribution in [0.5, 0.6) is 0 Å². The Morgan fingerprint density at radius 3 is 2.48 bits per heavy atom. The van der Waals surface area contributed by atoms with Crippen molar-refractivity contribution in [3.05, 3.63) is 5.82 Å². The normalized spacial score (nSPS) is 25.3. The van der Waals surface area contributed by atoms with Crippen molar-refractivity contribution in [1.29, 1.82) is 0 Å². The molecule has 1 atom stereocenters. The van der Waals surface area contributed by atoms with Crippen molar-refractivity contribution in [2.24, 2.45) is 11.8 Å². The van der Waals surface area contributed by atoms with Gasteiger partial charge >= 0.3 is 0 Å².